The summed E-state index contributed by atoms with van der Waals surface area (Å²) in [6, 6.07) is 6.35. The Morgan fingerprint density at radius 1 is 1.44 bits per heavy atom. The van der Waals surface area contributed by atoms with Gasteiger partial charge in [0.25, 0.3) is 5.91 Å². The SMILES string of the molecule is CSC1=NC(=O)/C(=C\c2ccccc2F)S1. The molecule has 0 fully saturated rings. The van der Waals surface area contributed by atoms with Gasteiger partial charge in [-0.1, -0.05) is 30.0 Å². The average molecular weight is 253 g/mol. The Morgan fingerprint density at radius 3 is 2.81 bits per heavy atom. The number of carbonyl (C=O) groups is 1. The van der Waals surface area contributed by atoms with Crippen molar-refractivity contribution in [2.75, 3.05) is 6.26 Å². The standard InChI is InChI=1S/C11H8FNOS2/c1-15-11-13-10(14)9(16-11)6-7-4-2-3-5-8(7)12/h2-6H,1H3/b9-6+. The molecule has 16 heavy (non-hydrogen) atoms. The van der Waals surface area contributed by atoms with Crippen LogP contribution in [0.25, 0.3) is 6.08 Å². The normalized spacial score (nSPS) is 18.0. The lowest BCUT2D eigenvalue weighted by molar-refractivity contribution is -0.113. The minimum Gasteiger partial charge on any atom is -0.266 e. The van der Waals surface area contributed by atoms with Crippen molar-refractivity contribution < 1.29 is 9.18 Å². The molecule has 0 saturated heterocycles. The summed E-state index contributed by atoms with van der Waals surface area (Å²) in [4.78, 5) is 15.7. The van der Waals surface area contributed by atoms with Crippen LogP contribution in [-0.4, -0.2) is 16.5 Å². The van der Waals surface area contributed by atoms with Gasteiger partial charge in [-0.15, -0.1) is 11.8 Å². The summed E-state index contributed by atoms with van der Waals surface area (Å²) in [6.07, 6.45) is 3.39. The van der Waals surface area contributed by atoms with Crippen molar-refractivity contribution in [1.29, 1.82) is 0 Å². The molecule has 0 N–H and O–H groups in total. The molecular formula is C11H8FNOS2. The zero-order valence-corrected chi connectivity index (χ0v) is 10.1. The Morgan fingerprint density at radius 2 is 2.19 bits per heavy atom. The third-order valence-electron chi connectivity index (χ3n) is 1.97. The smallest absolute Gasteiger partial charge is 0.266 e. The molecule has 0 spiro atoms. The third kappa shape index (κ3) is 2.36. The van der Waals surface area contributed by atoms with Gasteiger partial charge in [-0.3, -0.25) is 4.79 Å². The first-order valence-corrected chi connectivity index (χ1v) is 6.56. The lowest BCUT2D eigenvalue weighted by Crippen LogP contribution is -1.89. The molecule has 0 radical (unpaired) electrons. The molecular weight excluding hydrogens is 245 g/mol. The van der Waals surface area contributed by atoms with E-state index in [1.165, 1.54) is 35.7 Å². The molecule has 1 amide bonds. The minimum absolute atomic E-state index is 0.294. The molecule has 0 saturated carbocycles. The number of rotatable bonds is 1. The number of aliphatic imine (C=N–C) groups is 1. The quantitative estimate of drug-likeness (QED) is 0.720. The van der Waals surface area contributed by atoms with E-state index in [1.807, 2.05) is 6.26 Å². The van der Waals surface area contributed by atoms with Crippen LogP contribution in [0.3, 0.4) is 0 Å². The maximum Gasteiger partial charge on any atom is 0.285 e. The summed E-state index contributed by atoms with van der Waals surface area (Å²) in [5, 5.41) is 0. The predicted molar refractivity (Wildman–Crippen MR) is 67.9 cm³/mol. The predicted octanol–water partition coefficient (Wildman–Crippen LogP) is 3.16. The average Bonchev–Trinajstić information content (AvgIpc) is 2.63. The van der Waals surface area contributed by atoms with Crippen LogP contribution in [0.4, 0.5) is 4.39 Å². The Balaban J connectivity index is 2.28. The maximum atomic E-state index is 13.3. The summed E-state index contributed by atoms with van der Waals surface area (Å²) in [5.74, 6) is -0.626. The number of hydrogen-bond donors (Lipinski definition) is 0. The van der Waals surface area contributed by atoms with E-state index in [0.717, 1.165) is 0 Å². The summed E-state index contributed by atoms with van der Waals surface area (Å²) in [6.45, 7) is 0. The molecule has 82 valence electrons. The number of nitrogens with zero attached hydrogens (tertiary/aromatic N) is 1. The second-order valence-electron chi connectivity index (χ2n) is 3.02. The Hall–Kier alpha value is -1.07. The summed E-state index contributed by atoms with van der Waals surface area (Å²) >= 11 is 2.69. The van der Waals surface area contributed by atoms with Crippen LogP contribution in [-0.2, 0) is 4.79 Å². The van der Waals surface area contributed by atoms with Gasteiger partial charge in [0.15, 0.2) is 0 Å². The number of thioether (sulfide) groups is 2. The van der Waals surface area contributed by atoms with Crippen molar-refractivity contribution >= 4 is 39.9 Å². The van der Waals surface area contributed by atoms with E-state index in [4.69, 9.17) is 0 Å². The fourth-order valence-electron chi connectivity index (χ4n) is 1.21. The second kappa shape index (κ2) is 4.84. The Labute approximate surface area is 101 Å². The monoisotopic (exact) mass is 253 g/mol. The molecule has 0 atom stereocenters. The largest absolute Gasteiger partial charge is 0.285 e. The van der Waals surface area contributed by atoms with Gasteiger partial charge >= 0.3 is 0 Å². The lowest BCUT2D eigenvalue weighted by atomic mass is 10.2. The molecule has 2 nitrogen and oxygen atoms in total. The van der Waals surface area contributed by atoms with Crippen LogP contribution in [0.2, 0.25) is 0 Å². The molecule has 0 aliphatic carbocycles. The van der Waals surface area contributed by atoms with Crippen molar-refractivity contribution in [2.24, 2.45) is 4.99 Å². The van der Waals surface area contributed by atoms with E-state index in [1.54, 1.807) is 18.2 Å². The molecule has 1 aliphatic heterocycles. The van der Waals surface area contributed by atoms with Gasteiger partial charge in [-0.05, 0) is 18.4 Å². The minimum atomic E-state index is -0.332. The van der Waals surface area contributed by atoms with E-state index in [2.05, 4.69) is 4.99 Å². The number of benzene rings is 1. The van der Waals surface area contributed by atoms with Gasteiger partial charge in [-0.2, -0.15) is 4.99 Å². The van der Waals surface area contributed by atoms with Gasteiger partial charge in [-0.25, -0.2) is 4.39 Å². The molecule has 1 aromatic carbocycles. The van der Waals surface area contributed by atoms with E-state index in [9.17, 15) is 9.18 Å². The van der Waals surface area contributed by atoms with Gasteiger partial charge in [0, 0.05) is 5.56 Å². The second-order valence-corrected chi connectivity index (χ2v) is 5.10. The zero-order valence-electron chi connectivity index (χ0n) is 8.44. The molecule has 0 bridgehead atoms. The summed E-state index contributed by atoms with van der Waals surface area (Å²) in [5.41, 5.74) is 0.413. The summed E-state index contributed by atoms with van der Waals surface area (Å²) < 4.78 is 14.0. The lowest BCUT2D eigenvalue weighted by Gasteiger charge is -1.97. The highest BCUT2D eigenvalue weighted by molar-refractivity contribution is 8.40. The van der Waals surface area contributed by atoms with Gasteiger partial charge in [0.2, 0.25) is 0 Å². The summed E-state index contributed by atoms with van der Waals surface area (Å²) in [7, 11) is 0. The fourth-order valence-corrected chi connectivity index (χ4v) is 2.62. The molecule has 1 aliphatic rings. The van der Waals surface area contributed by atoms with Crippen molar-refractivity contribution in [3.05, 3.63) is 40.6 Å². The van der Waals surface area contributed by atoms with Crippen molar-refractivity contribution in [3.63, 3.8) is 0 Å². The van der Waals surface area contributed by atoms with Crippen LogP contribution < -0.4 is 0 Å². The number of amides is 1. The first-order valence-electron chi connectivity index (χ1n) is 4.52. The first kappa shape index (κ1) is 11.4. The van der Waals surface area contributed by atoms with Gasteiger partial charge in [0.1, 0.15) is 10.2 Å². The zero-order chi connectivity index (χ0) is 11.5. The number of carbonyl (C=O) groups excluding carboxylic acids is 1. The maximum absolute atomic E-state index is 13.3. The number of halogens is 1. The van der Waals surface area contributed by atoms with Gasteiger partial charge in [0.05, 0.1) is 4.91 Å². The molecule has 0 aromatic heterocycles. The number of hydrogen-bond acceptors (Lipinski definition) is 3. The van der Waals surface area contributed by atoms with Gasteiger partial charge < -0.3 is 0 Å². The van der Waals surface area contributed by atoms with Crippen LogP contribution in [0, 0.1) is 5.82 Å². The van der Waals surface area contributed by atoms with Crippen LogP contribution in [0.1, 0.15) is 5.56 Å². The van der Waals surface area contributed by atoms with E-state index < -0.39 is 0 Å². The third-order valence-corrected chi connectivity index (χ3v) is 3.94. The topological polar surface area (TPSA) is 29.4 Å². The Bertz CT molecular complexity index is 497. The molecule has 1 aromatic rings. The molecule has 1 heterocycles. The Kier molecular flexibility index (Phi) is 3.46. The molecule has 0 unspecified atom stereocenters. The van der Waals surface area contributed by atoms with Crippen LogP contribution in [0.15, 0.2) is 34.2 Å². The fraction of sp³-hybridized carbons (Fsp3) is 0.0909. The first-order chi connectivity index (χ1) is 7.70. The van der Waals surface area contributed by atoms with Crippen molar-refractivity contribution in [2.45, 2.75) is 0 Å². The highest BCUT2D eigenvalue weighted by Crippen LogP contribution is 2.32. The van der Waals surface area contributed by atoms with Crippen molar-refractivity contribution in [1.82, 2.24) is 0 Å². The highest BCUT2D eigenvalue weighted by Gasteiger charge is 2.21. The van der Waals surface area contributed by atoms with Crippen LogP contribution >= 0.6 is 23.5 Å². The highest BCUT2D eigenvalue weighted by atomic mass is 32.2. The molecule has 2 rings (SSSR count). The van der Waals surface area contributed by atoms with E-state index in [-0.39, 0.29) is 11.7 Å². The van der Waals surface area contributed by atoms with Crippen molar-refractivity contribution in [3.8, 4) is 0 Å². The molecule has 5 heteroatoms. The van der Waals surface area contributed by atoms with Crippen LogP contribution in [0.5, 0.6) is 0 Å². The van der Waals surface area contributed by atoms with E-state index in [0.29, 0.717) is 14.8 Å². The van der Waals surface area contributed by atoms with E-state index >= 15 is 0 Å².